The molecule has 1 aromatic heterocycles. The zero-order valence-corrected chi connectivity index (χ0v) is 16.6. The van der Waals surface area contributed by atoms with Gasteiger partial charge < -0.3 is 15.5 Å². The second kappa shape index (κ2) is 9.53. The third kappa shape index (κ3) is 5.96. The van der Waals surface area contributed by atoms with Crippen LogP contribution in [0.3, 0.4) is 0 Å². The molecule has 2 N–H and O–H groups in total. The smallest absolute Gasteiger partial charge is 0.191 e. The van der Waals surface area contributed by atoms with Gasteiger partial charge in [-0.05, 0) is 39.0 Å². The predicted octanol–water partition coefficient (Wildman–Crippen LogP) is 2.81. The molecule has 1 aliphatic heterocycles. The Kier molecular flexibility index (Phi) is 7.11. The molecule has 0 spiro atoms. The number of nitrogens with one attached hydrogen (secondary N) is 2. The molecule has 1 saturated carbocycles. The quantitative estimate of drug-likeness (QED) is 0.578. The number of hydrogen-bond donors (Lipinski definition) is 2. The molecule has 140 valence electrons. The Morgan fingerprint density at radius 2 is 2.20 bits per heavy atom. The van der Waals surface area contributed by atoms with Gasteiger partial charge in [-0.2, -0.15) is 0 Å². The van der Waals surface area contributed by atoms with Gasteiger partial charge in [-0.1, -0.05) is 12.8 Å². The van der Waals surface area contributed by atoms with Crippen molar-refractivity contribution in [2.24, 2.45) is 10.9 Å². The molecule has 0 aromatic carbocycles. The summed E-state index contributed by atoms with van der Waals surface area (Å²) in [4.78, 5) is 13.1. The maximum atomic E-state index is 4.75. The second-order valence-electron chi connectivity index (χ2n) is 7.42. The average molecular weight is 364 g/mol. The van der Waals surface area contributed by atoms with Crippen molar-refractivity contribution in [3.05, 3.63) is 16.1 Å². The Bertz CT molecular complexity index is 550. The minimum atomic E-state index is 0.529. The fraction of sp³-hybridized carbons (Fsp3) is 0.789. The average Bonchev–Trinajstić information content (AvgIpc) is 3.32. The van der Waals surface area contributed by atoms with Crippen LogP contribution < -0.4 is 10.6 Å². The zero-order chi connectivity index (χ0) is 17.5. The van der Waals surface area contributed by atoms with Crippen LogP contribution in [0, 0.1) is 12.8 Å². The molecule has 0 radical (unpaired) electrons. The first-order chi connectivity index (χ1) is 12.2. The molecule has 2 aliphatic rings. The summed E-state index contributed by atoms with van der Waals surface area (Å²) in [5.74, 6) is 1.91. The van der Waals surface area contributed by atoms with E-state index in [4.69, 9.17) is 4.99 Å². The van der Waals surface area contributed by atoms with E-state index >= 15 is 0 Å². The summed E-state index contributed by atoms with van der Waals surface area (Å²) in [7, 11) is 0. The summed E-state index contributed by atoms with van der Waals surface area (Å²) < 4.78 is 0. The number of hydrogen-bond acceptors (Lipinski definition) is 4. The molecule has 1 atom stereocenters. The number of guanidine groups is 1. The number of nitrogens with zero attached hydrogens (tertiary/aromatic N) is 3. The molecule has 0 bridgehead atoms. The fourth-order valence-electron chi connectivity index (χ4n) is 3.97. The highest BCUT2D eigenvalue weighted by Crippen LogP contribution is 2.26. The van der Waals surface area contributed by atoms with Gasteiger partial charge in [0.1, 0.15) is 0 Å². The van der Waals surface area contributed by atoms with E-state index in [0.717, 1.165) is 37.9 Å². The first-order valence-electron chi connectivity index (χ1n) is 9.91. The van der Waals surface area contributed by atoms with Crippen molar-refractivity contribution >= 4 is 17.3 Å². The highest BCUT2D eigenvalue weighted by Gasteiger charge is 2.26. The van der Waals surface area contributed by atoms with E-state index in [9.17, 15) is 0 Å². The van der Waals surface area contributed by atoms with E-state index in [2.05, 4.69) is 34.4 Å². The topological polar surface area (TPSA) is 52.6 Å². The van der Waals surface area contributed by atoms with E-state index in [1.165, 1.54) is 55.1 Å². The maximum absolute atomic E-state index is 4.75. The van der Waals surface area contributed by atoms with Crippen LogP contribution in [0.4, 0.5) is 0 Å². The third-order valence-corrected chi connectivity index (χ3v) is 6.19. The van der Waals surface area contributed by atoms with Crippen LogP contribution in [0.25, 0.3) is 0 Å². The van der Waals surface area contributed by atoms with Gasteiger partial charge in [0.15, 0.2) is 5.96 Å². The van der Waals surface area contributed by atoms with Crippen molar-refractivity contribution in [1.82, 2.24) is 20.5 Å². The lowest BCUT2D eigenvalue weighted by molar-refractivity contribution is 0.275. The molecule has 25 heavy (non-hydrogen) atoms. The standard InChI is InChI=1S/C19H33N5S/c1-3-20-19(21-10-8-18-22-12-15(2)25-18)23-17-9-11-24(14-17)13-16-6-4-5-7-16/h12,16-17H,3-11,13-14H2,1-2H3,(H2,20,21,23). The zero-order valence-electron chi connectivity index (χ0n) is 15.8. The molecule has 1 aliphatic carbocycles. The highest BCUT2D eigenvalue weighted by atomic mass is 32.1. The number of aryl methyl sites for hydroxylation is 1. The van der Waals surface area contributed by atoms with E-state index in [1.807, 2.05) is 6.20 Å². The van der Waals surface area contributed by atoms with Gasteiger partial charge in [-0.15, -0.1) is 11.3 Å². The molecule has 5 nitrogen and oxygen atoms in total. The summed E-state index contributed by atoms with van der Waals surface area (Å²) in [6.07, 6.45) is 9.86. The minimum Gasteiger partial charge on any atom is -0.357 e. The van der Waals surface area contributed by atoms with Gasteiger partial charge in [0.25, 0.3) is 0 Å². The normalized spacial score (nSPS) is 22.6. The number of aliphatic imine (C=N–C) groups is 1. The number of thiazole rings is 1. The third-order valence-electron chi connectivity index (χ3n) is 5.21. The second-order valence-corrected chi connectivity index (χ2v) is 8.73. The lowest BCUT2D eigenvalue weighted by atomic mass is 10.1. The lowest BCUT2D eigenvalue weighted by Gasteiger charge is -2.21. The molecule has 1 saturated heterocycles. The molecule has 2 fully saturated rings. The van der Waals surface area contributed by atoms with Crippen molar-refractivity contribution in [2.45, 2.75) is 58.4 Å². The highest BCUT2D eigenvalue weighted by molar-refractivity contribution is 7.11. The summed E-state index contributed by atoms with van der Waals surface area (Å²) in [5, 5.41) is 8.22. The maximum Gasteiger partial charge on any atom is 0.191 e. The van der Waals surface area contributed by atoms with Crippen molar-refractivity contribution in [3.63, 3.8) is 0 Å². The van der Waals surface area contributed by atoms with Crippen molar-refractivity contribution in [1.29, 1.82) is 0 Å². The Morgan fingerprint density at radius 3 is 2.92 bits per heavy atom. The van der Waals surface area contributed by atoms with Gasteiger partial charge in [0.05, 0.1) is 5.01 Å². The van der Waals surface area contributed by atoms with E-state index in [1.54, 1.807) is 11.3 Å². The summed E-state index contributed by atoms with van der Waals surface area (Å²) in [6.45, 7) is 9.62. The van der Waals surface area contributed by atoms with Crippen molar-refractivity contribution < 1.29 is 0 Å². The Balaban J connectivity index is 1.43. The van der Waals surface area contributed by atoms with Crippen LogP contribution in [0.15, 0.2) is 11.2 Å². The van der Waals surface area contributed by atoms with Gasteiger partial charge >= 0.3 is 0 Å². The molecular formula is C19H33N5S. The monoisotopic (exact) mass is 363 g/mol. The Morgan fingerprint density at radius 1 is 1.36 bits per heavy atom. The van der Waals surface area contributed by atoms with E-state index in [0.29, 0.717) is 6.04 Å². The van der Waals surface area contributed by atoms with E-state index < -0.39 is 0 Å². The number of aromatic nitrogens is 1. The van der Waals surface area contributed by atoms with Gasteiger partial charge in [0, 0.05) is 56.3 Å². The van der Waals surface area contributed by atoms with Crippen LogP contribution >= 0.6 is 11.3 Å². The fourth-order valence-corrected chi connectivity index (χ4v) is 4.74. The van der Waals surface area contributed by atoms with Crippen LogP contribution in [0.5, 0.6) is 0 Å². The first kappa shape index (κ1) is 18.6. The van der Waals surface area contributed by atoms with E-state index in [-0.39, 0.29) is 0 Å². The van der Waals surface area contributed by atoms with Crippen LogP contribution in [0.1, 0.15) is 48.9 Å². The van der Waals surface area contributed by atoms with Crippen molar-refractivity contribution in [3.8, 4) is 0 Å². The summed E-state index contributed by atoms with van der Waals surface area (Å²) in [5.41, 5.74) is 0. The SMILES string of the molecule is CCNC(=NCCc1ncc(C)s1)NC1CCN(CC2CCCC2)C1. The van der Waals surface area contributed by atoms with Crippen molar-refractivity contribution in [2.75, 3.05) is 32.7 Å². The van der Waals surface area contributed by atoms with Gasteiger partial charge in [0.2, 0.25) is 0 Å². The number of rotatable bonds is 7. The predicted molar refractivity (Wildman–Crippen MR) is 106 cm³/mol. The molecular weight excluding hydrogens is 330 g/mol. The van der Waals surface area contributed by atoms with Crippen LogP contribution in [0.2, 0.25) is 0 Å². The molecule has 3 rings (SSSR count). The first-order valence-corrected chi connectivity index (χ1v) is 10.7. The largest absolute Gasteiger partial charge is 0.357 e. The molecule has 0 amide bonds. The van der Waals surface area contributed by atoms with Crippen LogP contribution in [-0.4, -0.2) is 54.6 Å². The lowest BCUT2D eigenvalue weighted by Crippen LogP contribution is -2.45. The van der Waals surface area contributed by atoms with Crippen LogP contribution in [-0.2, 0) is 6.42 Å². The number of likely N-dealkylation sites (tertiary alicyclic amines) is 1. The van der Waals surface area contributed by atoms with Gasteiger partial charge in [-0.25, -0.2) is 4.98 Å². The minimum absolute atomic E-state index is 0.529. The summed E-state index contributed by atoms with van der Waals surface area (Å²) >= 11 is 1.77. The Hall–Kier alpha value is -1.14. The molecule has 1 aromatic rings. The van der Waals surface area contributed by atoms with Gasteiger partial charge in [-0.3, -0.25) is 4.99 Å². The Labute approximate surface area is 156 Å². The summed E-state index contributed by atoms with van der Waals surface area (Å²) in [6, 6.07) is 0.529. The molecule has 6 heteroatoms. The molecule has 1 unspecified atom stereocenters. The molecule has 2 heterocycles.